The summed E-state index contributed by atoms with van der Waals surface area (Å²) in [5.41, 5.74) is 1.91. The van der Waals surface area contributed by atoms with Crippen LogP contribution in [0.3, 0.4) is 0 Å². The van der Waals surface area contributed by atoms with Crippen LogP contribution < -0.4 is 43.2 Å². The highest BCUT2D eigenvalue weighted by Crippen LogP contribution is 2.42. The second-order valence-electron chi connectivity index (χ2n) is 18.0. The summed E-state index contributed by atoms with van der Waals surface area (Å²) >= 11 is 7.09. The fourth-order valence-corrected chi connectivity index (χ4v) is 11.0. The van der Waals surface area contributed by atoms with Crippen LogP contribution in [0, 0.1) is 0 Å². The number of likely N-dealkylation sites (N-methyl/N-ethyl adjacent to an activating group) is 1. The minimum absolute atomic E-state index is 0.119. The van der Waals surface area contributed by atoms with Gasteiger partial charge in [-0.1, -0.05) is 0 Å². The Morgan fingerprint density at radius 1 is 0.486 bits per heavy atom. The van der Waals surface area contributed by atoms with E-state index >= 15 is 0 Å². The standard InChI is InChI=1S/C27H34BrN3O6.C25H30BrN3O6/c1-6-31-26(33)30(17-19-13-22(36-4)15-23(37-5)24(19)28)25(32)27(31)7-9-29(10-8-27)16-18-11-20(34-2)14-21(12-18)35-3;1-32-18-9-16(10-19(12-18)33-2)14-28-7-5-25(6-8-28)23(30)29(24(31)27-25)15-17-11-20(34-3)13-21(35-4)22(17)26/h11-15H,6-10,16-17H2,1-5H3;9-13H,5-8,14-15H2,1-4H3,(H,27,31). The van der Waals surface area contributed by atoms with Crippen LogP contribution in [-0.4, -0.2) is 149 Å². The Labute approximate surface area is 437 Å². The van der Waals surface area contributed by atoms with Crippen molar-refractivity contribution in [2.45, 2.75) is 69.9 Å². The Kier molecular flexibility index (Phi) is 17.4. The van der Waals surface area contributed by atoms with Gasteiger partial charge < -0.3 is 48.1 Å². The number of ether oxygens (including phenoxy) is 8. The van der Waals surface area contributed by atoms with E-state index in [9.17, 15) is 19.2 Å². The number of carbonyl (C=O) groups excluding carboxylic acids is 4. The minimum atomic E-state index is -0.880. The number of nitrogens with one attached hydrogen (secondary N) is 1. The maximum atomic E-state index is 13.9. The molecule has 6 amide bonds. The van der Waals surface area contributed by atoms with Crippen molar-refractivity contribution < 1.29 is 57.1 Å². The number of amides is 6. The van der Waals surface area contributed by atoms with Crippen LogP contribution in [0.1, 0.15) is 54.9 Å². The highest BCUT2D eigenvalue weighted by Gasteiger charge is 2.57. The van der Waals surface area contributed by atoms with Gasteiger partial charge in [0.15, 0.2) is 0 Å². The molecule has 8 rings (SSSR count). The molecule has 4 aliphatic rings. The summed E-state index contributed by atoms with van der Waals surface area (Å²) in [4.78, 5) is 62.6. The number of rotatable bonds is 17. The summed E-state index contributed by atoms with van der Waals surface area (Å²) < 4.78 is 44.5. The van der Waals surface area contributed by atoms with Gasteiger partial charge >= 0.3 is 12.1 Å². The van der Waals surface area contributed by atoms with E-state index in [1.54, 1.807) is 80.0 Å². The number of imide groups is 2. The number of carbonyl (C=O) groups is 4. The largest absolute Gasteiger partial charge is 0.497 e. The Hall–Kier alpha value is -5.96. The number of methoxy groups -OCH3 is 8. The summed E-state index contributed by atoms with van der Waals surface area (Å²) in [6.45, 7) is 6.80. The lowest BCUT2D eigenvalue weighted by molar-refractivity contribution is -0.136. The molecule has 18 nitrogen and oxygen atoms in total. The molecule has 0 unspecified atom stereocenters. The van der Waals surface area contributed by atoms with Gasteiger partial charge in [-0.25, -0.2) is 9.59 Å². The number of urea groups is 2. The molecule has 4 fully saturated rings. The lowest BCUT2D eigenvalue weighted by Crippen LogP contribution is -2.56. The van der Waals surface area contributed by atoms with Gasteiger partial charge in [0.2, 0.25) is 0 Å². The first-order valence-corrected chi connectivity index (χ1v) is 25.2. The van der Waals surface area contributed by atoms with Crippen LogP contribution in [0.15, 0.2) is 69.6 Å². The molecule has 0 aliphatic carbocycles. The van der Waals surface area contributed by atoms with Crippen LogP contribution in [0.5, 0.6) is 46.0 Å². The molecule has 4 aromatic rings. The Bertz CT molecular complexity index is 2590. The van der Waals surface area contributed by atoms with Gasteiger partial charge in [-0.2, -0.15) is 0 Å². The van der Waals surface area contributed by atoms with Gasteiger partial charge in [0.1, 0.15) is 57.1 Å². The van der Waals surface area contributed by atoms with Gasteiger partial charge in [0.05, 0.1) is 78.9 Å². The summed E-state index contributed by atoms with van der Waals surface area (Å²) in [5, 5.41) is 2.98. The number of piperidine rings is 2. The zero-order valence-electron chi connectivity index (χ0n) is 42.4. The normalized spacial score (nSPS) is 17.5. The number of likely N-dealkylation sites (tertiary alicyclic amines) is 2. The number of halogens is 2. The van der Waals surface area contributed by atoms with Gasteiger partial charge in [0.25, 0.3) is 11.8 Å². The average Bonchev–Trinajstić information content (AvgIpc) is 3.74. The topological polar surface area (TPSA) is 170 Å². The van der Waals surface area contributed by atoms with E-state index in [1.165, 1.54) is 9.80 Å². The molecule has 4 aromatic carbocycles. The van der Waals surface area contributed by atoms with E-state index in [1.807, 2.05) is 49.4 Å². The molecular weight excluding hydrogens is 1060 g/mol. The summed E-state index contributed by atoms with van der Waals surface area (Å²) in [7, 11) is 12.8. The molecule has 4 aliphatic heterocycles. The Morgan fingerprint density at radius 3 is 1.26 bits per heavy atom. The zero-order chi connectivity index (χ0) is 51.9. The fourth-order valence-electron chi connectivity index (χ4n) is 9.97. The Morgan fingerprint density at radius 2 is 0.875 bits per heavy atom. The molecule has 0 aromatic heterocycles. The van der Waals surface area contributed by atoms with E-state index < -0.39 is 11.1 Å². The predicted octanol–water partition coefficient (Wildman–Crippen LogP) is 7.87. The maximum absolute atomic E-state index is 13.9. The van der Waals surface area contributed by atoms with E-state index in [-0.39, 0.29) is 37.0 Å². The van der Waals surface area contributed by atoms with Crippen molar-refractivity contribution in [2.75, 3.05) is 89.6 Å². The molecule has 1 N–H and O–H groups in total. The van der Waals surface area contributed by atoms with Crippen LogP contribution in [0.2, 0.25) is 0 Å². The van der Waals surface area contributed by atoms with Crippen molar-refractivity contribution in [1.29, 1.82) is 0 Å². The fraction of sp³-hybridized carbons (Fsp3) is 0.462. The second-order valence-corrected chi connectivity index (χ2v) is 19.5. The maximum Gasteiger partial charge on any atom is 0.327 e. The zero-order valence-corrected chi connectivity index (χ0v) is 45.5. The lowest BCUT2D eigenvalue weighted by atomic mass is 9.85. The molecule has 4 heterocycles. The Balaban J connectivity index is 0.000000212. The monoisotopic (exact) mass is 1120 g/mol. The molecule has 0 radical (unpaired) electrons. The molecule has 4 saturated heterocycles. The first kappa shape index (κ1) is 53.8. The van der Waals surface area contributed by atoms with Gasteiger partial charge in [0, 0.05) is 70.1 Å². The highest BCUT2D eigenvalue weighted by atomic mass is 79.9. The van der Waals surface area contributed by atoms with Gasteiger partial charge in [-0.3, -0.25) is 29.2 Å². The van der Waals surface area contributed by atoms with Crippen molar-refractivity contribution >= 4 is 55.7 Å². The third-order valence-electron chi connectivity index (χ3n) is 14.0. The van der Waals surface area contributed by atoms with Crippen molar-refractivity contribution in [3.05, 3.63) is 91.9 Å². The summed E-state index contributed by atoms with van der Waals surface area (Å²) in [6.07, 6.45) is 2.23. The number of hydrogen-bond acceptors (Lipinski definition) is 14. The van der Waals surface area contributed by atoms with Crippen LogP contribution in [-0.2, 0) is 35.8 Å². The number of nitrogens with zero attached hydrogens (tertiary/aromatic N) is 5. The van der Waals surface area contributed by atoms with E-state index in [0.717, 1.165) is 45.3 Å². The molecule has 388 valence electrons. The third kappa shape index (κ3) is 11.2. The molecule has 0 atom stereocenters. The van der Waals surface area contributed by atoms with Crippen LogP contribution in [0.25, 0.3) is 0 Å². The van der Waals surface area contributed by atoms with Crippen molar-refractivity contribution in [1.82, 2.24) is 29.8 Å². The van der Waals surface area contributed by atoms with E-state index in [2.05, 4.69) is 47.0 Å². The summed E-state index contributed by atoms with van der Waals surface area (Å²) in [5.74, 6) is 4.96. The van der Waals surface area contributed by atoms with Gasteiger partial charge in [-0.05, 0) is 123 Å². The third-order valence-corrected chi connectivity index (χ3v) is 15.8. The molecular formula is C52H64Br2N6O12. The van der Waals surface area contributed by atoms with Crippen molar-refractivity contribution in [3.8, 4) is 46.0 Å². The average molecular weight is 1120 g/mol. The second kappa shape index (κ2) is 23.3. The van der Waals surface area contributed by atoms with E-state index in [4.69, 9.17) is 37.9 Å². The minimum Gasteiger partial charge on any atom is -0.497 e. The smallest absolute Gasteiger partial charge is 0.327 e. The number of hydrogen-bond donors (Lipinski definition) is 1. The van der Waals surface area contributed by atoms with Crippen molar-refractivity contribution in [2.24, 2.45) is 0 Å². The molecule has 0 saturated carbocycles. The summed E-state index contributed by atoms with van der Waals surface area (Å²) in [6, 6.07) is 18.1. The predicted molar refractivity (Wildman–Crippen MR) is 275 cm³/mol. The van der Waals surface area contributed by atoms with Crippen LogP contribution >= 0.6 is 31.9 Å². The molecule has 72 heavy (non-hydrogen) atoms. The van der Waals surface area contributed by atoms with Gasteiger partial charge in [-0.15, -0.1) is 0 Å². The van der Waals surface area contributed by atoms with Crippen molar-refractivity contribution in [3.63, 3.8) is 0 Å². The van der Waals surface area contributed by atoms with Crippen LogP contribution in [0.4, 0.5) is 9.59 Å². The first-order valence-electron chi connectivity index (χ1n) is 23.6. The number of benzene rings is 4. The quantitative estimate of drug-likeness (QED) is 0.101. The highest BCUT2D eigenvalue weighted by molar-refractivity contribution is 9.11. The molecule has 2 spiro atoms. The lowest BCUT2D eigenvalue weighted by Gasteiger charge is -2.42. The molecule has 20 heteroatoms. The SMILES string of the molecule is CCN1C(=O)N(Cc2cc(OC)cc(OC)c2Br)C(=O)C12CCN(Cc1cc(OC)cc(OC)c1)CC2.COc1cc(CN2CCC3(CC2)NC(=O)N(Cc2cc(OC)cc(OC)c2Br)C3=O)cc(OC)c1. The first-order chi connectivity index (χ1) is 34.6. The molecule has 0 bridgehead atoms. The van der Waals surface area contributed by atoms with E-state index in [0.29, 0.717) is 103 Å².